The first kappa shape index (κ1) is 39.0. The summed E-state index contributed by atoms with van der Waals surface area (Å²) in [7, 11) is 0. The van der Waals surface area contributed by atoms with Crippen LogP contribution >= 0.6 is 0 Å². The lowest BCUT2D eigenvalue weighted by atomic mass is 9.92. The van der Waals surface area contributed by atoms with Crippen LogP contribution in [0.1, 0.15) is 0 Å². The Hall–Kier alpha value is -9.18. The van der Waals surface area contributed by atoms with E-state index in [1.807, 2.05) is 24.3 Å². The first-order valence-corrected chi connectivity index (χ1v) is 23.6. The Morgan fingerprint density at radius 1 is 0.232 bits per heavy atom. The zero-order chi connectivity index (χ0) is 45.4. The zero-order valence-electron chi connectivity index (χ0n) is 37.4. The third-order valence-electron chi connectivity index (χ3n) is 14.0. The van der Waals surface area contributed by atoms with E-state index in [0.717, 1.165) is 94.0 Å². The average Bonchev–Trinajstić information content (AvgIpc) is 4.11. The minimum absolute atomic E-state index is 0.903. The second-order valence-electron chi connectivity index (χ2n) is 18.0. The number of hydrogen-bond donors (Lipinski definition) is 0. The first-order chi connectivity index (χ1) is 34.2. The third-order valence-corrected chi connectivity index (χ3v) is 14.0. The normalized spacial score (nSPS) is 11.8. The van der Waals surface area contributed by atoms with Crippen molar-refractivity contribution >= 4 is 65.7 Å². The van der Waals surface area contributed by atoms with Crippen molar-refractivity contribution in [2.24, 2.45) is 0 Å². The molecule has 3 heterocycles. The van der Waals surface area contributed by atoms with Crippen molar-refractivity contribution in [2.75, 3.05) is 0 Å². The predicted octanol–water partition coefficient (Wildman–Crippen LogP) is 18.6. The minimum atomic E-state index is 0.903. The van der Waals surface area contributed by atoms with E-state index >= 15 is 0 Å². The van der Waals surface area contributed by atoms with E-state index in [2.05, 4.69) is 229 Å². The molecule has 0 N–H and O–H groups in total. The molecule has 0 fully saturated rings. The summed E-state index contributed by atoms with van der Waals surface area (Å²) in [5.74, 6) is 0. The summed E-state index contributed by atoms with van der Waals surface area (Å²) in [6.07, 6.45) is 0. The molecule has 3 aromatic heterocycles. The summed E-state index contributed by atoms with van der Waals surface area (Å²) in [6.45, 7) is 0. The highest BCUT2D eigenvalue weighted by Crippen LogP contribution is 2.42. The third kappa shape index (κ3) is 6.51. The molecule has 0 atom stereocenters. The maximum atomic E-state index is 6.46. The fourth-order valence-corrected chi connectivity index (χ4v) is 10.6. The van der Waals surface area contributed by atoms with Crippen molar-refractivity contribution < 1.29 is 8.83 Å². The van der Waals surface area contributed by atoms with Crippen molar-refractivity contribution in [3.8, 4) is 72.4 Å². The fourth-order valence-electron chi connectivity index (χ4n) is 10.6. The number of aromatic nitrogens is 1. The average molecular weight is 880 g/mol. The van der Waals surface area contributed by atoms with Crippen molar-refractivity contribution in [3.05, 3.63) is 249 Å². The van der Waals surface area contributed by atoms with Crippen LogP contribution in [0.2, 0.25) is 0 Å². The predicted molar refractivity (Wildman–Crippen MR) is 288 cm³/mol. The van der Waals surface area contributed by atoms with Crippen molar-refractivity contribution in [1.82, 2.24) is 4.57 Å². The molecule has 14 aromatic rings. The van der Waals surface area contributed by atoms with Gasteiger partial charge in [-0.1, -0.05) is 182 Å². The summed E-state index contributed by atoms with van der Waals surface area (Å²) >= 11 is 0. The van der Waals surface area contributed by atoms with Crippen LogP contribution in [0.4, 0.5) is 0 Å². The molecule has 322 valence electrons. The van der Waals surface area contributed by atoms with Gasteiger partial charge in [0.2, 0.25) is 0 Å². The van der Waals surface area contributed by atoms with E-state index in [1.54, 1.807) is 0 Å². The van der Waals surface area contributed by atoms with Crippen molar-refractivity contribution in [3.63, 3.8) is 0 Å². The van der Waals surface area contributed by atoms with Crippen LogP contribution in [0.25, 0.3) is 138 Å². The molecule has 0 aliphatic rings. The van der Waals surface area contributed by atoms with E-state index < -0.39 is 0 Å². The summed E-state index contributed by atoms with van der Waals surface area (Å²) in [5.41, 5.74) is 20.9. The largest absolute Gasteiger partial charge is 0.455 e. The summed E-state index contributed by atoms with van der Waals surface area (Å²) < 4.78 is 15.3. The SMILES string of the molecule is c1ccc(-c2cc(-c3ccccc3)cc(-c3ccc4c(c3)c3cc(-c5ccc(-c6cccc7c6oc6ccccc67)cc5)ccc3n4-c3ccc(-c4cccc5c4oc4ccccc45)cc3)c2)cc1. The lowest BCUT2D eigenvalue weighted by molar-refractivity contribution is 0.669. The maximum Gasteiger partial charge on any atom is 0.143 e. The molecule has 3 nitrogen and oxygen atoms in total. The van der Waals surface area contributed by atoms with Crippen LogP contribution in [-0.4, -0.2) is 4.57 Å². The van der Waals surface area contributed by atoms with E-state index in [9.17, 15) is 0 Å². The Kier molecular flexibility index (Phi) is 8.90. The van der Waals surface area contributed by atoms with Gasteiger partial charge in [-0.15, -0.1) is 0 Å². The van der Waals surface area contributed by atoms with Gasteiger partial charge in [-0.2, -0.15) is 0 Å². The number of fused-ring (bicyclic) bond motifs is 9. The Balaban J connectivity index is 0.917. The van der Waals surface area contributed by atoms with Crippen LogP contribution < -0.4 is 0 Å². The van der Waals surface area contributed by atoms with Crippen LogP contribution in [0.3, 0.4) is 0 Å². The molecule has 0 saturated heterocycles. The smallest absolute Gasteiger partial charge is 0.143 e. The molecule has 3 heteroatoms. The summed E-state index contributed by atoms with van der Waals surface area (Å²) in [4.78, 5) is 0. The monoisotopic (exact) mass is 879 g/mol. The highest BCUT2D eigenvalue weighted by molar-refractivity contribution is 6.13. The number of benzene rings is 11. The number of nitrogens with zero attached hydrogens (tertiary/aromatic N) is 1. The van der Waals surface area contributed by atoms with Gasteiger partial charge in [0.25, 0.3) is 0 Å². The van der Waals surface area contributed by atoms with Gasteiger partial charge in [-0.25, -0.2) is 0 Å². The van der Waals surface area contributed by atoms with E-state index in [1.165, 1.54) is 44.2 Å². The number of rotatable bonds is 7. The molecule has 11 aromatic carbocycles. The maximum absolute atomic E-state index is 6.46. The molecule has 0 saturated carbocycles. The molecule has 0 unspecified atom stereocenters. The van der Waals surface area contributed by atoms with Crippen LogP contribution in [0.15, 0.2) is 258 Å². The van der Waals surface area contributed by atoms with Gasteiger partial charge in [0.15, 0.2) is 0 Å². The molecular formula is C66H41NO2. The molecule has 0 bridgehead atoms. The van der Waals surface area contributed by atoms with Gasteiger partial charge >= 0.3 is 0 Å². The summed E-state index contributed by atoms with van der Waals surface area (Å²) in [5, 5.41) is 6.92. The highest BCUT2D eigenvalue weighted by Gasteiger charge is 2.18. The summed E-state index contributed by atoms with van der Waals surface area (Å²) in [6, 6.07) is 89.6. The van der Waals surface area contributed by atoms with Gasteiger partial charge in [-0.05, 0) is 122 Å². The molecule has 0 spiro atoms. The van der Waals surface area contributed by atoms with Gasteiger partial charge in [0.05, 0.1) is 11.0 Å². The lowest BCUT2D eigenvalue weighted by Gasteiger charge is -2.12. The Morgan fingerprint density at radius 3 is 1.12 bits per heavy atom. The Labute approximate surface area is 398 Å². The van der Waals surface area contributed by atoms with E-state index in [4.69, 9.17) is 8.83 Å². The molecule has 0 radical (unpaired) electrons. The standard InChI is InChI=1S/C66H41NO2/c1-3-13-42(14-4-1)49-37-50(43-15-5-2-6-16-43)39-51(38-49)48-32-36-62-60(41-48)59-40-47(44-25-27-45(28-26-44)53-19-11-21-57-55-17-7-9-23-63(55)68-65(53)57)31-35-61(59)67(62)52-33-29-46(30-34-52)54-20-12-22-58-56-18-8-10-24-64(56)69-66(54)58/h1-41H. The van der Waals surface area contributed by atoms with Gasteiger partial charge < -0.3 is 13.4 Å². The number of hydrogen-bond acceptors (Lipinski definition) is 2. The van der Waals surface area contributed by atoms with Crippen LogP contribution in [-0.2, 0) is 0 Å². The second-order valence-corrected chi connectivity index (χ2v) is 18.0. The van der Waals surface area contributed by atoms with Crippen molar-refractivity contribution in [1.29, 1.82) is 0 Å². The quantitative estimate of drug-likeness (QED) is 0.160. The lowest BCUT2D eigenvalue weighted by Crippen LogP contribution is -1.94. The molecule has 0 aliphatic heterocycles. The van der Waals surface area contributed by atoms with Gasteiger partial charge in [0.1, 0.15) is 22.3 Å². The van der Waals surface area contributed by atoms with Crippen LogP contribution in [0.5, 0.6) is 0 Å². The first-order valence-electron chi connectivity index (χ1n) is 23.6. The Morgan fingerprint density at radius 2 is 0.609 bits per heavy atom. The molecule has 69 heavy (non-hydrogen) atoms. The van der Waals surface area contributed by atoms with Gasteiger partial charge in [-0.3, -0.25) is 0 Å². The number of para-hydroxylation sites is 4. The topological polar surface area (TPSA) is 31.2 Å². The zero-order valence-corrected chi connectivity index (χ0v) is 37.4. The second kappa shape index (κ2) is 15.7. The fraction of sp³-hybridized carbons (Fsp3) is 0. The minimum Gasteiger partial charge on any atom is -0.455 e. The van der Waals surface area contributed by atoms with Gasteiger partial charge in [0, 0.05) is 49.1 Å². The van der Waals surface area contributed by atoms with E-state index in [-0.39, 0.29) is 0 Å². The molecular weight excluding hydrogens is 839 g/mol. The highest BCUT2D eigenvalue weighted by atomic mass is 16.3. The molecule has 0 aliphatic carbocycles. The molecule has 0 amide bonds. The van der Waals surface area contributed by atoms with Crippen LogP contribution in [0, 0.1) is 0 Å². The molecule has 14 rings (SSSR count). The van der Waals surface area contributed by atoms with E-state index in [0.29, 0.717) is 0 Å². The Bertz CT molecular complexity index is 4210. The van der Waals surface area contributed by atoms with Crippen molar-refractivity contribution in [2.45, 2.75) is 0 Å². The number of furan rings is 2.